The molecule has 0 aliphatic carbocycles. The number of hydrogen-bond donors (Lipinski definition) is 2. The summed E-state index contributed by atoms with van der Waals surface area (Å²) in [6.45, 7) is 1.81. The minimum absolute atomic E-state index is 0.0170. The quantitative estimate of drug-likeness (QED) is 0.849. The minimum atomic E-state index is -0.406. The summed E-state index contributed by atoms with van der Waals surface area (Å²) in [4.78, 5) is 11.7. The predicted octanol–water partition coefficient (Wildman–Crippen LogP) is 0.933. The van der Waals surface area contributed by atoms with Gasteiger partial charge in [0, 0.05) is 13.0 Å². The minimum Gasteiger partial charge on any atom is -0.396 e. The van der Waals surface area contributed by atoms with E-state index < -0.39 is 11.5 Å². The Balaban J connectivity index is 2.52. The lowest BCUT2D eigenvalue weighted by molar-refractivity contribution is 0.287. The Morgan fingerprint density at radius 3 is 3.00 bits per heavy atom. The molecule has 0 saturated heterocycles. The van der Waals surface area contributed by atoms with Crippen molar-refractivity contribution >= 4 is 0 Å². The molecule has 18 heavy (non-hydrogen) atoms. The average molecular weight is 251 g/mol. The Kier molecular flexibility index (Phi) is 3.57. The molecule has 0 bridgehead atoms. The van der Waals surface area contributed by atoms with Gasteiger partial charge in [-0.05, 0) is 31.0 Å². The first-order valence-corrected chi connectivity index (χ1v) is 5.67. The molecule has 1 aromatic carbocycles. The molecule has 1 heterocycles. The number of nitrogens with zero attached hydrogens (tertiary/aromatic N) is 2. The smallest absolute Gasteiger partial charge is 0.347 e. The van der Waals surface area contributed by atoms with Crippen molar-refractivity contribution in [2.24, 2.45) is 0 Å². The largest absolute Gasteiger partial charge is 0.396 e. The van der Waals surface area contributed by atoms with Gasteiger partial charge in [-0.15, -0.1) is 0 Å². The van der Waals surface area contributed by atoms with Crippen LogP contribution in [0.1, 0.15) is 17.8 Å². The summed E-state index contributed by atoms with van der Waals surface area (Å²) in [5.74, 6) is 0.0829. The van der Waals surface area contributed by atoms with E-state index in [9.17, 15) is 9.18 Å². The van der Waals surface area contributed by atoms with E-state index in [2.05, 4.69) is 10.2 Å². The van der Waals surface area contributed by atoms with Crippen LogP contribution >= 0.6 is 0 Å². The van der Waals surface area contributed by atoms with Crippen molar-refractivity contribution in [2.45, 2.75) is 19.8 Å². The van der Waals surface area contributed by atoms with Crippen molar-refractivity contribution in [3.8, 4) is 5.69 Å². The normalized spacial score (nSPS) is 10.8. The number of hydrogen-bond acceptors (Lipinski definition) is 3. The second-order valence-corrected chi connectivity index (χ2v) is 4.04. The van der Waals surface area contributed by atoms with Crippen LogP contribution in [0.4, 0.5) is 4.39 Å². The van der Waals surface area contributed by atoms with Crippen LogP contribution in [0.15, 0.2) is 23.0 Å². The van der Waals surface area contributed by atoms with Gasteiger partial charge in [0.1, 0.15) is 11.6 Å². The van der Waals surface area contributed by atoms with Crippen LogP contribution in [-0.4, -0.2) is 26.5 Å². The van der Waals surface area contributed by atoms with Crippen molar-refractivity contribution < 1.29 is 9.50 Å². The molecule has 0 aliphatic heterocycles. The van der Waals surface area contributed by atoms with Crippen molar-refractivity contribution in [1.29, 1.82) is 0 Å². The number of aromatic amines is 1. The SMILES string of the molecule is Cc1ccc(F)cc1-n1c(CCCO)n[nH]c1=O. The first-order valence-electron chi connectivity index (χ1n) is 5.67. The number of aryl methyl sites for hydroxylation is 2. The topological polar surface area (TPSA) is 70.9 Å². The van der Waals surface area contributed by atoms with E-state index in [0.29, 0.717) is 24.4 Å². The van der Waals surface area contributed by atoms with Crippen LogP contribution in [0.2, 0.25) is 0 Å². The number of aromatic nitrogens is 3. The molecule has 2 aromatic rings. The van der Waals surface area contributed by atoms with Gasteiger partial charge in [-0.25, -0.2) is 18.9 Å². The number of rotatable bonds is 4. The molecule has 0 saturated carbocycles. The maximum atomic E-state index is 13.3. The second-order valence-electron chi connectivity index (χ2n) is 4.04. The first kappa shape index (κ1) is 12.5. The van der Waals surface area contributed by atoms with Crippen molar-refractivity contribution in [3.63, 3.8) is 0 Å². The van der Waals surface area contributed by atoms with Crippen molar-refractivity contribution in [3.05, 3.63) is 45.9 Å². The average Bonchev–Trinajstić information content (AvgIpc) is 2.71. The molecule has 0 radical (unpaired) electrons. The third-order valence-corrected chi connectivity index (χ3v) is 2.71. The highest BCUT2D eigenvalue weighted by molar-refractivity contribution is 5.41. The molecule has 1 aromatic heterocycles. The summed E-state index contributed by atoms with van der Waals surface area (Å²) in [5.41, 5.74) is 0.850. The highest BCUT2D eigenvalue weighted by atomic mass is 19.1. The molecule has 0 spiro atoms. The van der Waals surface area contributed by atoms with Crippen LogP contribution in [0.5, 0.6) is 0 Å². The molecule has 0 fully saturated rings. The van der Waals surface area contributed by atoms with E-state index >= 15 is 0 Å². The van der Waals surface area contributed by atoms with Gasteiger partial charge in [-0.1, -0.05) is 6.07 Å². The Morgan fingerprint density at radius 1 is 1.50 bits per heavy atom. The molecule has 96 valence electrons. The lowest BCUT2D eigenvalue weighted by Crippen LogP contribution is -2.18. The standard InChI is InChI=1S/C12H14FN3O2/c1-8-4-5-9(13)7-10(8)16-11(3-2-6-17)14-15-12(16)18/h4-5,7,17H,2-3,6H2,1H3,(H,15,18). The van der Waals surface area contributed by atoms with E-state index in [1.807, 2.05) is 0 Å². The Hall–Kier alpha value is -1.95. The fourth-order valence-corrected chi connectivity index (χ4v) is 1.81. The summed E-state index contributed by atoms with van der Waals surface area (Å²) in [5, 5.41) is 15.0. The number of nitrogens with one attached hydrogen (secondary N) is 1. The zero-order valence-electron chi connectivity index (χ0n) is 9.98. The third-order valence-electron chi connectivity index (χ3n) is 2.71. The monoisotopic (exact) mass is 251 g/mol. The zero-order chi connectivity index (χ0) is 13.1. The lowest BCUT2D eigenvalue weighted by Gasteiger charge is -2.08. The molecule has 0 aliphatic rings. The van der Waals surface area contributed by atoms with E-state index in [4.69, 9.17) is 5.11 Å². The maximum absolute atomic E-state index is 13.3. The summed E-state index contributed by atoms with van der Waals surface area (Å²) in [7, 11) is 0. The number of halogens is 1. The summed E-state index contributed by atoms with van der Waals surface area (Å²) < 4.78 is 14.6. The molecule has 0 unspecified atom stereocenters. The van der Waals surface area contributed by atoms with Gasteiger partial charge in [-0.2, -0.15) is 5.10 Å². The van der Waals surface area contributed by atoms with Gasteiger partial charge in [0.2, 0.25) is 0 Å². The Morgan fingerprint density at radius 2 is 2.28 bits per heavy atom. The Bertz CT molecular complexity index is 604. The number of H-pyrrole nitrogens is 1. The fraction of sp³-hybridized carbons (Fsp3) is 0.333. The molecule has 6 heteroatoms. The zero-order valence-corrected chi connectivity index (χ0v) is 9.98. The molecule has 0 amide bonds. The molecular formula is C12H14FN3O2. The molecule has 0 atom stereocenters. The van der Waals surface area contributed by atoms with Gasteiger partial charge in [0.15, 0.2) is 0 Å². The van der Waals surface area contributed by atoms with Gasteiger partial charge in [-0.3, -0.25) is 0 Å². The van der Waals surface area contributed by atoms with E-state index in [-0.39, 0.29) is 6.61 Å². The Labute approximate surface area is 103 Å². The van der Waals surface area contributed by atoms with Crippen LogP contribution in [0.3, 0.4) is 0 Å². The molecular weight excluding hydrogens is 237 g/mol. The highest BCUT2D eigenvalue weighted by Crippen LogP contribution is 2.15. The number of aliphatic hydroxyl groups is 1. The van der Waals surface area contributed by atoms with Gasteiger partial charge < -0.3 is 5.11 Å². The van der Waals surface area contributed by atoms with E-state index in [1.165, 1.54) is 16.7 Å². The van der Waals surface area contributed by atoms with Crippen molar-refractivity contribution in [1.82, 2.24) is 14.8 Å². The van der Waals surface area contributed by atoms with Crippen LogP contribution in [0, 0.1) is 12.7 Å². The van der Waals surface area contributed by atoms with Gasteiger partial charge in [0.25, 0.3) is 0 Å². The van der Waals surface area contributed by atoms with Crippen molar-refractivity contribution in [2.75, 3.05) is 6.61 Å². The van der Waals surface area contributed by atoms with Gasteiger partial charge in [0.05, 0.1) is 5.69 Å². The summed E-state index contributed by atoms with van der Waals surface area (Å²) >= 11 is 0. The van der Waals surface area contributed by atoms with Crippen LogP contribution < -0.4 is 5.69 Å². The van der Waals surface area contributed by atoms with Gasteiger partial charge >= 0.3 is 5.69 Å². The number of aliphatic hydroxyl groups excluding tert-OH is 1. The van der Waals surface area contributed by atoms with Crippen LogP contribution in [0.25, 0.3) is 5.69 Å². The third kappa shape index (κ3) is 2.33. The lowest BCUT2D eigenvalue weighted by atomic mass is 10.2. The maximum Gasteiger partial charge on any atom is 0.347 e. The predicted molar refractivity (Wildman–Crippen MR) is 64.3 cm³/mol. The molecule has 5 nitrogen and oxygen atoms in total. The summed E-state index contributed by atoms with van der Waals surface area (Å²) in [6, 6.07) is 4.26. The molecule has 2 rings (SSSR count). The highest BCUT2D eigenvalue weighted by Gasteiger charge is 2.12. The molecule has 2 N–H and O–H groups in total. The summed E-state index contributed by atoms with van der Waals surface area (Å²) in [6.07, 6.45) is 0.948. The number of benzene rings is 1. The van der Waals surface area contributed by atoms with Crippen LogP contribution in [-0.2, 0) is 6.42 Å². The van der Waals surface area contributed by atoms with E-state index in [1.54, 1.807) is 13.0 Å². The first-order chi connectivity index (χ1) is 8.63. The fourth-order valence-electron chi connectivity index (χ4n) is 1.81. The van der Waals surface area contributed by atoms with E-state index in [0.717, 1.165) is 5.56 Å². The second kappa shape index (κ2) is 5.14.